The second-order valence-corrected chi connectivity index (χ2v) is 8.78. The Balaban J connectivity index is 2.01. The summed E-state index contributed by atoms with van der Waals surface area (Å²) >= 11 is 0. The molecule has 0 aliphatic heterocycles. The summed E-state index contributed by atoms with van der Waals surface area (Å²) in [5, 5.41) is 11.3. The lowest BCUT2D eigenvalue weighted by molar-refractivity contribution is -0.271. The lowest BCUT2D eigenvalue weighted by Gasteiger charge is -2.38. The molecule has 0 fully saturated rings. The van der Waals surface area contributed by atoms with Crippen LogP contribution in [-0.4, -0.2) is 28.6 Å². The quantitative estimate of drug-likeness (QED) is 0.475. The first-order chi connectivity index (χ1) is 15.4. The van der Waals surface area contributed by atoms with E-state index in [4.69, 9.17) is 4.84 Å². The van der Waals surface area contributed by atoms with Crippen molar-refractivity contribution in [1.82, 2.24) is 10.0 Å². The van der Waals surface area contributed by atoms with E-state index in [2.05, 4.69) is 12.1 Å². The molecule has 0 spiro atoms. The molecule has 1 unspecified atom stereocenters. The van der Waals surface area contributed by atoms with Gasteiger partial charge in [0.2, 0.25) is 0 Å². The van der Waals surface area contributed by atoms with Gasteiger partial charge in [0.05, 0.1) is 24.9 Å². The van der Waals surface area contributed by atoms with E-state index in [1.807, 2.05) is 0 Å². The van der Waals surface area contributed by atoms with E-state index in [0.717, 1.165) is 0 Å². The van der Waals surface area contributed by atoms with E-state index in [1.165, 1.54) is 23.9 Å². The fourth-order valence-electron chi connectivity index (χ4n) is 4.07. The van der Waals surface area contributed by atoms with Gasteiger partial charge in [-0.3, -0.25) is 15.1 Å². The number of hydroxylamine groups is 1. The number of halogens is 3. The van der Waals surface area contributed by atoms with E-state index in [9.17, 15) is 23.1 Å². The van der Waals surface area contributed by atoms with Crippen LogP contribution in [-0.2, 0) is 16.8 Å². The molecule has 1 heterocycles. The molecule has 8 heteroatoms. The minimum absolute atomic E-state index is 0.292. The van der Waals surface area contributed by atoms with Gasteiger partial charge in [-0.25, -0.2) is 0 Å². The largest absolute Gasteiger partial charge is 0.418 e. The zero-order valence-corrected chi connectivity index (χ0v) is 18.7. The molecule has 3 aromatic rings. The van der Waals surface area contributed by atoms with Crippen LogP contribution in [0.25, 0.3) is 16.6 Å². The molecular weight excluding hydrogens is 433 g/mol. The van der Waals surface area contributed by atoms with Crippen LogP contribution in [0.4, 0.5) is 13.2 Å². The van der Waals surface area contributed by atoms with Gasteiger partial charge in [-0.1, -0.05) is 50.8 Å². The maximum atomic E-state index is 14.3. The number of hydrogen-bond donors (Lipinski definition) is 2. The number of aliphatic hydroxyl groups is 1. The van der Waals surface area contributed by atoms with Crippen molar-refractivity contribution in [3.63, 3.8) is 0 Å². The minimum atomic E-state index is -4.91. The summed E-state index contributed by atoms with van der Waals surface area (Å²) in [7, 11) is 1.43. The molecule has 0 saturated heterocycles. The normalized spacial score (nSPS) is 14.2. The Labute approximate surface area is 190 Å². The van der Waals surface area contributed by atoms with Crippen LogP contribution in [0.2, 0.25) is 0 Å². The molecule has 0 bridgehead atoms. The van der Waals surface area contributed by atoms with Gasteiger partial charge in [0, 0.05) is 17.6 Å². The van der Waals surface area contributed by atoms with Crippen LogP contribution >= 0.6 is 0 Å². The van der Waals surface area contributed by atoms with Crippen LogP contribution in [0.1, 0.15) is 31.4 Å². The van der Waals surface area contributed by atoms with Crippen molar-refractivity contribution in [2.45, 2.75) is 44.0 Å². The molecule has 0 aliphatic rings. The number of benzene rings is 2. The molecule has 5 nitrogen and oxygen atoms in total. The molecule has 0 aliphatic carbocycles. The van der Waals surface area contributed by atoms with Crippen LogP contribution in [0, 0.1) is 0 Å². The molecule has 0 radical (unpaired) electrons. The number of rotatable bonds is 8. The second-order valence-electron chi connectivity index (χ2n) is 8.78. The van der Waals surface area contributed by atoms with E-state index >= 15 is 0 Å². The van der Waals surface area contributed by atoms with Crippen molar-refractivity contribution in [3.05, 3.63) is 88.7 Å². The Kier molecular flexibility index (Phi) is 6.72. The fourth-order valence-corrected chi connectivity index (χ4v) is 4.07. The van der Waals surface area contributed by atoms with E-state index < -0.39 is 30.2 Å². The molecule has 3 rings (SSSR count). The lowest BCUT2D eigenvalue weighted by atomic mass is 9.74. The predicted molar refractivity (Wildman–Crippen MR) is 122 cm³/mol. The smallest absolute Gasteiger partial charge is 0.379 e. The number of aromatic nitrogens is 1. The van der Waals surface area contributed by atoms with Gasteiger partial charge >= 0.3 is 6.18 Å². The molecule has 33 heavy (non-hydrogen) atoms. The summed E-state index contributed by atoms with van der Waals surface area (Å²) in [6, 6.07) is 14.5. The SMILES string of the molecule is C=C(NOC)c1cccc(C(C)(C)CC(O)(Cn2ccc(=O)c3ccccc32)C(F)(F)F)c1. The van der Waals surface area contributed by atoms with Crippen molar-refractivity contribution < 1.29 is 23.1 Å². The van der Waals surface area contributed by atoms with Gasteiger partial charge < -0.3 is 9.67 Å². The van der Waals surface area contributed by atoms with Crippen LogP contribution in [0.5, 0.6) is 0 Å². The van der Waals surface area contributed by atoms with E-state index in [0.29, 0.717) is 27.7 Å². The Morgan fingerprint density at radius 3 is 2.48 bits per heavy atom. The van der Waals surface area contributed by atoms with Crippen molar-refractivity contribution >= 4 is 16.6 Å². The minimum Gasteiger partial charge on any atom is -0.379 e. The number of fused-ring (bicyclic) bond motifs is 1. The molecule has 2 N–H and O–H groups in total. The van der Waals surface area contributed by atoms with Crippen molar-refractivity contribution in [2.24, 2.45) is 0 Å². The molecule has 2 aromatic carbocycles. The average Bonchev–Trinajstić information content (AvgIpc) is 2.75. The highest BCUT2D eigenvalue weighted by Gasteiger charge is 2.56. The monoisotopic (exact) mass is 460 g/mol. The first-order valence-corrected chi connectivity index (χ1v) is 10.3. The highest BCUT2D eigenvalue weighted by molar-refractivity contribution is 5.78. The van der Waals surface area contributed by atoms with Gasteiger partial charge in [0.15, 0.2) is 11.0 Å². The maximum absolute atomic E-state index is 14.3. The Hall–Kier alpha value is -3.10. The average molecular weight is 460 g/mol. The summed E-state index contributed by atoms with van der Waals surface area (Å²) in [5.74, 6) is 0. The first kappa shape index (κ1) is 24.5. The van der Waals surface area contributed by atoms with Crippen LogP contribution in [0.15, 0.2) is 72.2 Å². The number of nitrogens with zero attached hydrogens (tertiary/aromatic N) is 1. The second kappa shape index (κ2) is 9.03. The third-order valence-corrected chi connectivity index (χ3v) is 5.80. The molecule has 1 aromatic heterocycles. The summed E-state index contributed by atoms with van der Waals surface area (Å²) in [6.07, 6.45) is -4.22. The van der Waals surface area contributed by atoms with E-state index in [1.54, 1.807) is 62.4 Å². The molecule has 176 valence electrons. The van der Waals surface area contributed by atoms with Crippen LogP contribution < -0.4 is 10.9 Å². The molecular formula is C25H27F3N2O3. The maximum Gasteiger partial charge on any atom is 0.418 e. The topological polar surface area (TPSA) is 63.5 Å². The molecule has 0 amide bonds. The predicted octanol–water partition coefficient (Wildman–Crippen LogP) is 4.78. The number of pyridine rings is 1. The number of para-hydroxylation sites is 1. The van der Waals surface area contributed by atoms with Gasteiger partial charge in [0.1, 0.15) is 0 Å². The summed E-state index contributed by atoms with van der Waals surface area (Å²) < 4.78 is 44.1. The first-order valence-electron chi connectivity index (χ1n) is 10.3. The van der Waals surface area contributed by atoms with Crippen molar-refractivity contribution in [2.75, 3.05) is 7.11 Å². The van der Waals surface area contributed by atoms with Crippen molar-refractivity contribution in [3.8, 4) is 0 Å². The Morgan fingerprint density at radius 1 is 1.12 bits per heavy atom. The van der Waals surface area contributed by atoms with Gasteiger partial charge in [-0.05, 0) is 41.2 Å². The number of alkyl halides is 3. The number of hydrogen-bond acceptors (Lipinski definition) is 4. The van der Waals surface area contributed by atoms with Gasteiger partial charge in [0.25, 0.3) is 0 Å². The molecule has 1 atom stereocenters. The summed E-state index contributed by atoms with van der Waals surface area (Å²) in [5.41, 5.74) is 0.267. The Bertz CT molecular complexity index is 1220. The Morgan fingerprint density at radius 2 is 1.82 bits per heavy atom. The standard InChI is InChI=1S/C25H27F3N2O3/c1-17(29-33-4)18-8-7-9-19(14-18)23(2,3)15-24(32,25(26,27)28)16-30-13-12-22(31)20-10-5-6-11-21(20)30/h5-14,29,32H,1,15-16H2,2-4H3. The fraction of sp³-hybridized carbons (Fsp3) is 0.320. The van der Waals surface area contributed by atoms with E-state index in [-0.39, 0.29) is 5.43 Å². The lowest BCUT2D eigenvalue weighted by Crippen LogP contribution is -2.52. The summed E-state index contributed by atoms with van der Waals surface area (Å²) in [4.78, 5) is 17.0. The molecule has 0 saturated carbocycles. The summed E-state index contributed by atoms with van der Waals surface area (Å²) in [6.45, 7) is 6.40. The van der Waals surface area contributed by atoms with Gasteiger partial charge in [-0.15, -0.1) is 0 Å². The highest BCUT2D eigenvalue weighted by Crippen LogP contribution is 2.42. The van der Waals surface area contributed by atoms with Crippen LogP contribution in [0.3, 0.4) is 0 Å². The number of nitrogens with one attached hydrogen (secondary N) is 1. The third kappa shape index (κ3) is 5.12. The van der Waals surface area contributed by atoms with Gasteiger partial charge in [-0.2, -0.15) is 13.2 Å². The zero-order chi connectivity index (χ0) is 24.4. The third-order valence-electron chi connectivity index (χ3n) is 5.80. The highest BCUT2D eigenvalue weighted by atomic mass is 19.4. The zero-order valence-electron chi connectivity index (χ0n) is 18.7. The van der Waals surface area contributed by atoms with Crippen molar-refractivity contribution in [1.29, 1.82) is 0 Å².